The average molecular weight is 369 g/mol. The second-order valence-electron chi connectivity index (χ2n) is 5.61. The van der Waals surface area contributed by atoms with Crippen LogP contribution in [0, 0.1) is 0 Å². The lowest BCUT2D eigenvalue weighted by molar-refractivity contribution is -0.123. The molecule has 2 aromatic rings. The van der Waals surface area contributed by atoms with Gasteiger partial charge in [0.05, 0.1) is 6.04 Å². The van der Waals surface area contributed by atoms with Crippen molar-refractivity contribution in [2.24, 2.45) is 0 Å². The molecule has 4 nitrogen and oxygen atoms in total. The third kappa shape index (κ3) is 4.90. The molecule has 1 amide bonds. The highest BCUT2D eigenvalue weighted by Crippen LogP contribution is 2.20. The van der Waals surface area contributed by atoms with Crippen molar-refractivity contribution >= 4 is 18.3 Å². The van der Waals surface area contributed by atoms with E-state index in [1.807, 2.05) is 24.3 Å². The van der Waals surface area contributed by atoms with Crippen molar-refractivity contribution in [1.29, 1.82) is 0 Å². The monoisotopic (exact) mass is 368 g/mol. The van der Waals surface area contributed by atoms with Crippen LogP contribution in [0.1, 0.15) is 16.7 Å². The maximum absolute atomic E-state index is 12.4. The predicted molar refractivity (Wildman–Crippen MR) is 92.9 cm³/mol. The molecule has 134 valence electrons. The van der Waals surface area contributed by atoms with Crippen LogP contribution in [0.15, 0.2) is 48.5 Å². The first kappa shape index (κ1) is 19.1. The molecule has 1 heterocycles. The highest BCUT2D eigenvalue weighted by molar-refractivity contribution is 5.85. The molecule has 1 unspecified atom stereocenters. The van der Waals surface area contributed by atoms with Gasteiger partial charge in [0.1, 0.15) is 5.75 Å². The van der Waals surface area contributed by atoms with Crippen molar-refractivity contribution in [3.63, 3.8) is 0 Å². The number of alkyl halides is 2. The van der Waals surface area contributed by atoms with E-state index in [1.54, 1.807) is 18.2 Å². The van der Waals surface area contributed by atoms with E-state index in [2.05, 4.69) is 15.4 Å². The summed E-state index contributed by atoms with van der Waals surface area (Å²) < 4.78 is 29.3. The third-order valence-electron chi connectivity index (χ3n) is 4.04. The van der Waals surface area contributed by atoms with Crippen LogP contribution in [0.4, 0.5) is 8.78 Å². The van der Waals surface area contributed by atoms with E-state index in [0.29, 0.717) is 18.5 Å². The highest BCUT2D eigenvalue weighted by Gasteiger charge is 2.23. The molecule has 0 radical (unpaired) electrons. The minimum atomic E-state index is -2.89. The minimum Gasteiger partial charge on any atom is -0.434 e. The third-order valence-corrected chi connectivity index (χ3v) is 4.04. The van der Waals surface area contributed by atoms with Gasteiger partial charge in [-0.3, -0.25) is 4.79 Å². The van der Waals surface area contributed by atoms with Crippen LogP contribution in [0.25, 0.3) is 0 Å². The number of halogens is 3. The topological polar surface area (TPSA) is 50.4 Å². The van der Waals surface area contributed by atoms with Crippen molar-refractivity contribution in [2.75, 3.05) is 0 Å². The maximum Gasteiger partial charge on any atom is 0.387 e. The molecule has 1 atom stereocenters. The van der Waals surface area contributed by atoms with E-state index < -0.39 is 6.61 Å². The van der Waals surface area contributed by atoms with Gasteiger partial charge in [0.15, 0.2) is 0 Å². The van der Waals surface area contributed by atoms with E-state index in [9.17, 15) is 13.6 Å². The number of ether oxygens (including phenoxy) is 1. The van der Waals surface area contributed by atoms with E-state index in [-0.39, 0.29) is 36.7 Å². The van der Waals surface area contributed by atoms with Gasteiger partial charge in [-0.15, -0.1) is 12.4 Å². The Labute approximate surface area is 151 Å². The Morgan fingerprint density at radius 3 is 2.60 bits per heavy atom. The zero-order valence-electron chi connectivity index (χ0n) is 13.4. The van der Waals surface area contributed by atoms with Crippen LogP contribution in [-0.2, 0) is 24.3 Å². The predicted octanol–water partition coefficient (Wildman–Crippen LogP) is 3.04. The first-order valence-electron chi connectivity index (χ1n) is 7.74. The summed E-state index contributed by atoms with van der Waals surface area (Å²) in [5, 5.41) is 5.98. The fraction of sp³-hybridized carbons (Fsp3) is 0.278. The molecule has 0 aliphatic carbocycles. The number of para-hydroxylation sites is 1. The summed E-state index contributed by atoms with van der Waals surface area (Å²) >= 11 is 0. The Morgan fingerprint density at radius 2 is 1.84 bits per heavy atom. The lowest BCUT2D eigenvalue weighted by Crippen LogP contribution is -2.47. The van der Waals surface area contributed by atoms with Crippen molar-refractivity contribution in [1.82, 2.24) is 10.6 Å². The van der Waals surface area contributed by atoms with Crippen molar-refractivity contribution < 1.29 is 18.3 Å². The lowest BCUT2D eigenvalue weighted by Gasteiger charge is -2.25. The summed E-state index contributed by atoms with van der Waals surface area (Å²) in [4.78, 5) is 12.4. The average Bonchev–Trinajstić information content (AvgIpc) is 2.60. The second kappa shape index (κ2) is 8.78. The largest absolute Gasteiger partial charge is 0.434 e. The van der Waals surface area contributed by atoms with Crippen molar-refractivity contribution in [3.05, 3.63) is 65.2 Å². The molecule has 0 saturated heterocycles. The molecule has 0 saturated carbocycles. The summed E-state index contributed by atoms with van der Waals surface area (Å²) in [5.41, 5.74) is 2.86. The molecule has 25 heavy (non-hydrogen) atoms. The molecule has 1 aliphatic heterocycles. The van der Waals surface area contributed by atoms with Gasteiger partial charge in [0.25, 0.3) is 0 Å². The second-order valence-corrected chi connectivity index (χ2v) is 5.61. The number of carbonyl (C=O) groups excluding carboxylic acids is 1. The van der Waals surface area contributed by atoms with E-state index in [0.717, 1.165) is 5.56 Å². The Hall–Kier alpha value is -2.18. The van der Waals surface area contributed by atoms with Crippen LogP contribution < -0.4 is 15.4 Å². The zero-order valence-corrected chi connectivity index (χ0v) is 14.2. The number of hydrogen-bond acceptors (Lipinski definition) is 3. The normalized spacial score (nSPS) is 15.9. The standard InChI is InChI=1S/C18H18F2N2O2.ClH/c19-18(20)24-16-8-4-3-7-14(16)11-22-17(23)15-9-12-5-1-2-6-13(12)10-21-15;/h1-8,15,18,21H,9-11H2,(H,22,23);1H. The number of amides is 1. The van der Waals surface area contributed by atoms with Crippen LogP contribution in [0.3, 0.4) is 0 Å². The molecule has 3 rings (SSSR count). The number of nitrogens with one attached hydrogen (secondary N) is 2. The fourth-order valence-corrected chi connectivity index (χ4v) is 2.81. The summed E-state index contributed by atoms with van der Waals surface area (Å²) in [6, 6.07) is 14.1. The quantitative estimate of drug-likeness (QED) is 0.853. The van der Waals surface area contributed by atoms with Gasteiger partial charge in [-0.2, -0.15) is 8.78 Å². The van der Waals surface area contributed by atoms with Gasteiger partial charge < -0.3 is 15.4 Å². The summed E-state index contributed by atoms with van der Waals surface area (Å²) in [6.07, 6.45) is 0.608. The first-order chi connectivity index (χ1) is 11.6. The van der Waals surface area contributed by atoms with E-state index in [1.165, 1.54) is 11.6 Å². The van der Waals surface area contributed by atoms with Crippen molar-refractivity contribution in [3.8, 4) is 5.75 Å². The SMILES string of the molecule is Cl.O=C(NCc1ccccc1OC(F)F)C1Cc2ccccc2CN1. The minimum absolute atomic E-state index is 0. The van der Waals surface area contributed by atoms with Gasteiger partial charge in [0.2, 0.25) is 5.91 Å². The molecule has 0 spiro atoms. The van der Waals surface area contributed by atoms with Crippen molar-refractivity contribution in [2.45, 2.75) is 32.2 Å². The number of carbonyl (C=O) groups is 1. The Balaban J connectivity index is 0.00000225. The van der Waals surface area contributed by atoms with Gasteiger partial charge >= 0.3 is 6.61 Å². The Bertz CT molecular complexity index is 728. The molecular formula is C18H19ClF2N2O2. The molecule has 0 fully saturated rings. The highest BCUT2D eigenvalue weighted by atomic mass is 35.5. The number of benzene rings is 2. The van der Waals surface area contributed by atoms with Gasteiger partial charge in [0, 0.05) is 18.7 Å². The zero-order chi connectivity index (χ0) is 16.9. The summed E-state index contributed by atoms with van der Waals surface area (Å²) in [6.45, 7) is -2.11. The number of fused-ring (bicyclic) bond motifs is 1. The van der Waals surface area contributed by atoms with Crippen LogP contribution in [0.2, 0.25) is 0 Å². The fourth-order valence-electron chi connectivity index (χ4n) is 2.81. The number of rotatable bonds is 5. The van der Waals surface area contributed by atoms with Crippen LogP contribution >= 0.6 is 12.4 Å². The van der Waals surface area contributed by atoms with Gasteiger partial charge in [-0.1, -0.05) is 42.5 Å². The molecule has 2 aromatic carbocycles. The van der Waals surface area contributed by atoms with Crippen LogP contribution in [0.5, 0.6) is 5.75 Å². The number of hydrogen-bond donors (Lipinski definition) is 2. The first-order valence-corrected chi connectivity index (χ1v) is 7.74. The Morgan fingerprint density at radius 1 is 1.16 bits per heavy atom. The summed E-state index contributed by atoms with van der Waals surface area (Å²) in [7, 11) is 0. The molecule has 7 heteroatoms. The van der Waals surface area contributed by atoms with Crippen LogP contribution in [-0.4, -0.2) is 18.6 Å². The Kier molecular flexibility index (Phi) is 6.73. The molecule has 0 bridgehead atoms. The molecule has 0 aromatic heterocycles. The molecular weight excluding hydrogens is 350 g/mol. The molecule has 2 N–H and O–H groups in total. The van der Waals surface area contributed by atoms with E-state index in [4.69, 9.17) is 0 Å². The lowest BCUT2D eigenvalue weighted by atomic mass is 9.95. The molecule has 1 aliphatic rings. The smallest absolute Gasteiger partial charge is 0.387 e. The van der Waals surface area contributed by atoms with Gasteiger partial charge in [-0.25, -0.2) is 0 Å². The summed E-state index contributed by atoms with van der Waals surface area (Å²) in [5.74, 6) is -0.0777. The maximum atomic E-state index is 12.4. The van der Waals surface area contributed by atoms with Gasteiger partial charge in [-0.05, 0) is 23.6 Å². The van der Waals surface area contributed by atoms with E-state index >= 15 is 0 Å².